The number of hydrogen-bond acceptors (Lipinski definition) is 5. The number of likely N-dealkylation sites (tertiary alicyclic amines) is 1. The van der Waals surface area contributed by atoms with Crippen molar-refractivity contribution < 1.29 is 23.9 Å². The van der Waals surface area contributed by atoms with E-state index in [4.69, 9.17) is 4.74 Å². The molecule has 0 radical (unpaired) electrons. The van der Waals surface area contributed by atoms with Crippen molar-refractivity contribution in [1.82, 2.24) is 20.9 Å². The molecule has 164 valence electrons. The highest BCUT2D eigenvalue weighted by Crippen LogP contribution is 2.20. The second kappa shape index (κ2) is 10.8. The van der Waals surface area contributed by atoms with E-state index < -0.39 is 36.0 Å². The van der Waals surface area contributed by atoms with Crippen LogP contribution >= 0.6 is 0 Å². The maximum atomic E-state index is 13.1. The standard InChI is InChI=1S/C20H34N4O5/c1-11(2)10-15(25)24-9-8-14(22-20(28)21-13(5)6)17(24)18(26)23-16(12(3)4)19(27)29-7/h10,12-14,16-17H,8-9H2,1-7H3,(H,23,26)(H2,21,22,28). The molecule has 9 nitrogen and oxygen atoms in total. The molecule has 1 aliphatic rings. The van der Waals surface area contributed by atoms with Gasteiger partial charge in [-0.3, -0.25) is 9.59 Å². The number of amides is 4. The van der Waals surface area contributed by atoms with Crippen LogP contribution in [-0.4, -0.2) is 66.5 Å². The first-order chi connectivity index (χ1) is 13.5. The van der Waals surface area contributed by atoms with E-state index in [2.05, 4.69) is 16.0 Å². The lowest BCUT2D eigenvalue weighted by Crippen LogP contribution is -2.59. The van der Waals surface area contributed by atoms with E-state index in [1.54, 1.807) is 27.7 Å². The van der Waals surface area contributed by atoms with Crippen LogP contribution in [0.5, 0.6) is 0 Å². The van der Waals surface area contributed by atoms with Crippen molar-refractivity contribution in [3.63, 3.8) is 0 Å². The molecule has 3 atom stereocenters. The molecule has 0 bridgehead atoms. The Balaban J connectivity index is 3.11. The number of carbonyl (C=O) groups is 4. The van der Waals surface area contributed by atoms with E-state index in [9.17, 15) is 19.2 Å². The fourth-order valence-corrected chi connectivity index (χ4v) is 3.18. The Morgan fingerprint density at radius 1 is 1.07 bits per heavy atom. The van der Waals surface area contributed by atoms with Gasteiger partial charge in [-0.1, -0.05) is 19.4 Å². The van der Waals surface area contributed by atoms with Crippen LogP contribution in [0.15, 0.2) is 11.6 Å². The molecule has 9 heteroatoms. The van der Waals surface area contributed by atoms with Crippen molar-refractivity contribution >= 4 is 23.8 Å². The van der Waals surface area contributed by atoms with Crippen molar-refractivity contribution in [3.8, 4) is 0 Å². The molecule has 0 aromatic heterocycles. The highest BCUT2D eigenvalue weighted by atomic mass is 16.5. The van der Waals surface area contributed by atoms with Crippen LogP contribution in [-0.2, 0) is 19.1 Å². The first-order valence-corrected chi connectivity index (χ1v) is 9.88. The van der Waals surface area contributed by atoms with Gasteiger partial charge in [0.15, 0.2) is 0 Å². The molecule has 0 aliphatic carbocycles. The zero-order chi connectivity index (χ0) is 22.3. The van der Waals surface area contributed by atoms with E-state index in [1.165, 1.54) is 18.1 Å². The predicted octanol–water partition coefficient (Wildman–Crippen LogP) is 0.944. The van der Waals surface area contributed by atoms with Crippen molar-refractivity contribution in [2.24, 2.45) is 5.92 Å². The third-order valence-electron chi connectivity index (χ3n) is 4.52. The molecule has 1 saturated heterocycles. The minimum absolute atomic E-state index is 0.0725. The van der Waals surface area contributed by atoms with Gasteiger partial charge < -0.3 is 25.6 Å². The molecule has 29 heavy (non-hydrogen) atoms. The van der Waals surface area contributed by atoms with Crippen LogP contribution in [0, 0.1) is 5.92 Å². The number of hydrogen-bond donors (Lipinski definition) is 3. The summed E-state index contributed by atoms with van der Waals surface area (Å²) in [7, 11) is 1.25. The molecule has 0 aromatic carbocycles. The fourth-order valence-electron chi connectivity index (χ4n) is 3.18. The van der Waals surface area contributed by atoms with Crippen LogP contribution in [0.25, 0.3) is 0 Å². The van der Waals surface area contributed by atoms with Crippen molar-refractivity contribution in [2.45, 2.75) is 72.1 Å². The fraction of sp³-hybridized carbons (Fsp3) is 0.700. The number of allylic oxidation sites excluding steroid dienone is 1. The molecule has 3 unspecified atom stereocenters. The summed E-state index contributed by atoms with van der Waals surface area (Å²) < 4.78 is 4.78. The summed E-state index contributed by atoms with van der Waals surface area (Å²) in [5.74, 6) is -1.57. The molecule has 1 fully saturated rings. The second-order valence-electron chi connectivity index (χ2n) is 8.12. The van der Waals surface area contributed by atoms with Crippen molar-refractivity contribution in [2.75, 3.05) is 13.7 Å². The Kier molecular flexibility index (Phi) is 9.13. The number of ether oxygens (including phenoxy) is 1. The van der Waals surface area contributed by atoms with E-state index in [0.29, 0.717) is 13.0 Å². The highest BCUT2D eigenvalue weighted by molar-refractivity contribution is 5.96. The number of esters is 1. The molecule has 3 N–H and O–H groups in total. The zero-order valence-electron chi connectivity index (χ0n) is 18.4. The maximum Gasteiger partial charge on any atom is 0.328 e. The minimum Gasteiger partial charge on any atom is -0.467 e. The predicted molar refractivity (Wildman–Crippen MR) is 109 cm³/mol. The zero-order valence-corrected chi connectivity index (χ0v) is 18.4. The van der Waals surface area contributed by atoms with Crippen molar-refractivity contribution in [1.29, 1.82) is 0 Å². The van der Waals surface area contributed by atoms with E-state index >= 15 is 0 Å². The van der Waals surface area contributed by atoms with Crippen LogP contribution < -0.4 is 16.0 Å². The molecule has 0 spiro atoms. The van der Waals surface area contributed by atoms with Gasteiger partial charge in [-0.25, -0.2) is 9.59 Å². The SMILES string of the molecule is COC(=O)C(NC(=O)C1C(NC(=O)NC(C)C)CCN1C(=O)C=C(C)C)C(C)C. The number of methoxy groups -OCH3 is 1. The van der Waals surface area contributed by atoms with Gasteiger partial charge in [0.25, 0.3) is 0 Å². The lowest BCUT2D eigenvalue weighted by Gasteiger charge is -2.29. The lowest BCUT2D eigenvalue weighted by atomic mass is 10.0. The second-order valence-corrected chi connectivity index (χ2v) is 8.12. The van der Waals surface area contributed by atoms with Gasteiger partial charge in [-0.05, 0) is 40.0 Å². The summed E-state index contributed by atoms with van der Waals surface area (Å²) >= 11 is 0. The quantitative estimate of drug-likeness (QED) is 0.427. The number of rotatable bonds is 7. The molecule has 4 amide bonds. The Morgan fingerprint density at radius 2 is 1.69 bits per heavy atom. The smallest absolute Gasteiger partial charge is 0.328 e. The first kappa shape index (κ1) is 24.5. The summed E-state index contributed by atoms with van der Waals surface area (Å²) in [6.45, 7) is 11.1. The van der Waals surface area contributed by atoms with Gasteiger partial charge in [0.1, 0.15) is 12.1 Å². The summed E-state index contributed by atoms with van der Waals surface area (Å²) in [6.07, 6.45) is 1.88. The summed E-state index contributed by atoms with van der Waals surface area (Å²) in [5.41, 5.74) is 0.803. The Bertz CT molecular complexity index is 655. The Morgan fingerprint density at radius 3 is 2.17 bits per heavy atom. The van der Waals surface area contributed by atoms with Gasteiger partial charge in [0, 0.05) is 18.7 Å². The van der Waals surface area contributed by atoms with Gasteiger partial charge >= 0.3 is 12.0 Å². The summed E-state index contributed by atoms with van der Waals surface area (Å²) in [5, 5.41) is 8.20. The Hall–Kier alpha value is -2.58. The first-order valence-electron chi connectivity index (χ1n) is 9.88. The third kappa shape index (κ3) is 7.07. The lowest BCUT2D eigenvalue weighted by molar-refractivity contribution is -0.147. The van der Waals surface area contributed by atoms with Crippen LogP contribution in [0.4, 0.5) is 4.79 Å². The van der Waals surface area contributed by atoms with Crippen molar-refractivity contribution in [3.05, 3.63) is 11.6 Å². The molecule has 1 rings (SSSR count). The molecule has 1 heterocycles. The number of nitrogens with zero attached hydrogens (tertiary/aromatic N) is 1. The minimum atomic E-state index is -0.929. The molecular formula is C20H34N4O5. The van der Waals surface area contributed by atoms with Crippen LogP contribution in [0.1, 0.15) is 48.0 Å². The molecule has 0 aromatic rings. The van der Waals surface area contributed by atoms with E-state index in [0.717, 1.165) is 5.57 Å². The molecule has 1 aliphatic heterocycles. The number of urea groups is 1. The van der Waals surface area contributed by atoms with Gasteiger partial charge in [0.2, 0.25) is 11.8 Å². The van der Waals surface area contributed by atoms with Gasteiger partial charge in [-0.2, -0.15) is 0 Å². The number of nitrogens with one attached hydrogen (secondary N) is 3. The number of carbonyl (C=O) groups excluding carboxylic acids is 4. The van der Waals surface area contributed by atoms with Crippen LogP contribution in [0.3, 0.4) is 0 Å². The average Bonchev–Trinajstić information content (AvgIpc) is 3.00. The van der Waals surface area contributed by atoms with Gasteiger partial charge in [-0.15, -0.1) is 0 Å². The largest absolute Gasteiger partial charge is 0.467 e. The van der Waals surface area contributed by atoms with Crippen LogP contribution in [0.2, 0.25) is 0 Å². The highest BCUT2D eigenvalue weighted by Gasteiger charge is 2.43. The molecular weight excluding hydrogens is 376 g/mol. The monoisotopic (exact) mass is 410 g/mol. The summed E-state index contributed by atoms with van der Waals surface area (Å²) in [6, 6.07) is -2.83. The summed E-state index contributed by atoms with van der Waals surface area (Å²) in [4.78, 5) is 51.4. The maximum absolute atomic E-state index is 13.1. The topological polar surface area (TPSA) is 117 Å². The van der Waals surface area contributed by atoms with E-state index in [1.807, 2.05) is 13.8 Å². The molecule has 0 saturated carbocycles. The normalized spacial score (nSPS) is 19.6. The van der Waals surface area contributed by atoms with E-state index in [-0.39, 0.29) is 17.9 Å². The average molecular weight is 411 g/mol. The van der Waals surface area contributed by atoms with Gasteiger partial charge in [0.05, 0.1) is 13.2 Å². The third-order valence-corrected chi connectivity index (χ3v) is 4.52. The Labute approximate surface area is 172 Å².